The molecule has 1 aliphatic heterocycles. The molecule has 134 valence electrons. The van der Waals surface area contributed by atoms with Crippen LogP contribution in [0.3, 0.4) is 0 Å². The van der Waals surface area contributed by atoms with Gasteiger partial charge in [-0.2, -0.15) is 13.2 Å². The average molecular weight is 363 g/mol. The lowest BCUT2D eigenvalue weighted by Gasteiger charge is -2.31. The van der Waals surface area contributed by atoms with Crippen molar-refractivity contribution in [2.45, 2.75) is 38.5 Å². The molecular weight excluding hydrogens is 343 g/mol. The van der Waals surface area contributed by atoms with Gasteiger partial charge in [0.15, 0.2) is 11.7 Å². The van der Waals surface area contributed by atoms with Gasteiger partial charge in [-0.25, -0.2) is 9.98 Å². The molecule has 6 nitrogen and oxygen atoms in total. The number of amides is 1. The zero-order chi connectivity index (χ0) is 17.7. The van der Waals surface area contributed by atoms with Crippen LogP contribution >= 0.6 is 11.3 Å². The first-order valence-corrected chi connectivity index (χ1v) is 8.48. The van der Waals surface area contributed by atoms with Gasteiger partial charge in [0, 0.05) is 38.0 Å². The zero-order valence-electron chi connectivity index (χ0n) is 13.5. The van der Waals surface area contributed by atoms with E-state index in [0.717, 1.165) is 16.7 Å². The van der Waals surface area contributed by atoms with Gasteiger partial charge in [0.25, 0.3) is 0 Å². The van der Waals surface area contributed by atoms with Crippen LogP contribution in [0.2, 0.25) is 0 Å². The third kappa shape index (κ3) is 5.08. The van der Waals surface area contributed by atoms with Crippen LogP contribution in [0, 0.1) is 0 Å². The van der Waals surface area contributed by atoms with Crippen molar-refractivity contribution >= 4 is 23.2 Å². The van der Waals surface area contributed by atoms with Crippen molar-refractivity contribution in [3.63, 3.8) is 0 Å². The maximum absolute atomic E-state index is 12.5. The highest BCUT2D eigenvalue weighted by molar-refractivity contribution is 7.09. The van der Waals surface area contributed by atoms with Crippen molar-refractivity contribution in [2.24, 2.45) is 4.99 Å². The Morgan fingerprint density at radius 2 is 2.29 bits per heavy atom. The molecular formula is C14H20F3N5OS. The van der Waals surface area contributed by atoms with E-state index in [1.807, 2.05) is 6.92 Å². The summed E-state index contributed by atoms with van der Waals surface area (Å²) in [6.45, 7) is 3.16. The van der Waals surface area contributed by atoms with Gasteiger partial charge in [-0.15, -0.1) is 11.3 Å². The summed E-state index contributed by atoms with van der Waals surface area (Å²) >= 11 is 0.937. The lowest BCUT2D eigenvalue weighted by Crippen LogP contribution is -2.51. The summed E-state index contributed by atoms with van der Waals surface area (Å²) in [5.41, 5.74) is -0.886. The van der Waals surface area contributed by atoms with Crippen LogP contribution in [0.15, 0.2) is 10.4 Å². The van der Waals surface area contributed by atoms with Crippen molar-refractivity contribution in [2.75, 3.05) is 20.1 Å². The summed E-state index contributed by atoms with van der Waals surface area (Å²) < 4.78 is 37.6. The second kappa shape index (κ2) is 7.82. The Labute approximate surface area is 142 Å². The molecule has 1 amide bonds. The maximum atomic E-state index is 12.5. The first kappa shape index (κ1) is 18.5. The Morgan fingerprint density at radius 1 is 1.54 bits per heavy atom. The summed E-state index contributed by atoms with van der Waals surface area (Å²) in [6, 6.07) is 0.0625. The van der Waals surface area contributed by atoms with Crippen molar-refractivity contribution in [1.82, 2.24) is 20.5 Å². The van der Waals surface area contributed by atoms with E-state index in [1.54, 1.807) is 11.9 Å². The van der Waals surface area contributed by atoms with Crippen molar-refractivity contribution in [3.8, 4) is 0 Å². The minimum Gasteiger partial charge on any atom is -0.357 e. The van der Waals surface area contributed by atoms with E-state index >= 15 is 0 Å². The molecule has 1 unspecified atom stereocenters. The Balaban J connectivity index is 1.98. The fourth-order valence-electron chi connectivity index (χ4n) is 2.30. The third-order valence-electron chi connectivity index (χ3n) is 3.53. The molecule has 0 radical (unpaired) electrons. The number of nitrogens with one attached hydrogen (secondary N) is 2. The standard InChI is InChI=1S/C14H20F3N5OS/c1-3-18-13(20-9-4-5-12(23)22(2)7-9)19-6-11-21-10(8-24-11)14(15,16)17/h8-9H,3-7H2,1-2H3,(H2,18,19,20). The number of likely N-dealkylation sites (tertiary alicyclic amines) is 1. The molecule has 24 heavy (non-hydrogen) atoms. The summed E-state index contributed by atoms with van der Waals surface area (Å²) in [5.74, 6) is 0.617. The van der Waals surface area contributed by atoms with Gasteiger partial charge < -0.3 is 15.5 Å². The minimum atomic E-state index is -4.43. The molecule has 0 saturated carbocycles. The van der Waals surface area contributed by atoms with E-state index in [1.165, 1.54) is 0 Å². The molecule has 1 aromatic rings. The van der Waals surface area contributed by atoms with Crippen LogP contribution in [0.4, 0.5) is 13.2 Å². The quantitative estimate of drug-likeness (QED) is 0.633. The van der Waals surface area contributed by atoms with Gasteiger partial charge in [-0.05, 0) is 13.3 Å². The van der Waals surface area contributed by atoms with E-state index in [9.17, 15) is 18.0 Å². The summed E-state index contributed by atoms with van der Waals surface area (Å²) in [4.78, 5) is 21.0. The predicted octanol–water partition coefficient (Wildman–Crippen LogP) is 1.84. The molecule has 0 aromatic carbocycles. The lowest BCUT2D eigenvalue weighted by molar-refractivity contribution is -0.140. The third-order valence-corrected chi connectivity index (χ3v) is 4.36. The van der Waals surface area contributed by atoms with Crippen LogP contribution in [0.1, 0.15) is 30.5 Å². The van der Waals surface area contributed by atoms with E-state index in [4.69, 9.17) is 0 Å². The Morgan fingerprint density at radius 3 is 2.88 bits per heavy atom. The smallest absolute Gasteiger partial charge is 0.357 e. The Kier molecular flexibility index (Phi) is 6.03. The highest BCUT2D eigenvalue weighted by Gasteiger charge is 2.33. The number of hydrogen-bond acceptors (Lipinski definition) is 4. The molecule has 1 fully saturated rings. The van der Waals surface area contributed by atoms with Crippen LogP contribution in [0.25, 0.3) is 0 Å². The van der Waals surface area contributed by atoms with E-state index in [2.05, 4.69) is 20.6 Å². The number of piperidine rings is 1. The molecule has 10 heteroatoms. The maximum Gasteiger partial charge on any atom is 0.434 e. The van der Waals surface area contributed by atoms with Gasteiger partial charge in [0.05, 0.1) is 6.54 Å². The van der Waals surface area contributed by atoms with Crippen LogP contribution in [0.5, 0.6) is 0 Å². The van der Waals surface area contributed by atoms with E-state index in [0.29, 0.717) is 36.9 Å². The summed E-state index contributed by atoms with van der Waals surface area (Å²) in [5, 5.41) is 7.56. The normalized spacial score (nSPS) is 19.5. The summed E-state index contributed by atoms with van der Waals surface area (Å²) in [7, 11) is 1.74. The molecule has 1 aliphatic rings. The van der Waals surface area contributed by atoms with Gasteiger partial charge >= 0.3 is 6.18 Å². The van der Waals surface area contributed by atoms with Crippen LogP contribution in [-0.2, 0) is 17.5 Å². The molecule has 1 saturated heterocycles. The molecule has 1 aromatic heterocycles. The van der Waals surface area contributed by atoms with Crippen LogP contribution in [-0.4, -0.2) is 47.9 Å². The largest absolute Gasteiger partial charge is 0.434 e. The second-order valence-corrected chi connectivity index (χ2v) is 6.42. The summed E-state index contributed by atoms with van der Waals surface area (Å²) in [6.07, 6.45) is -3.27. The molecule has 2 N–H and O–H groups in total. The average Bonchev–Trinajstić information content (AvgIpc) is 2.98. The number of halogens is 3. The van der Waals surface area contributed by atoms with E-state index in [-0.39, 0.29) is 18.5 Å². The number of rotatable bonds is 4. The predicted molar refractivity (Wildman–Crippen MR) is 85.7 cm³/mol. The molecule has 2 rings (SSSR count). The number of likely N-dealkylation sites (N-methyl/N-ethyl adjacent to an activating group) is 1. The SMILES string of the molecule is CCNC(=NCc1nc(C(F)(F)F)cs1)NC1CCC(=O)N(C)C1. The molecule has 0 bridgehead atoms. The number of carbonyl (C=O) groups is 1. The first-order chi connectivity index (χ1) is 11.3. The van der Waals surface area contributed by atoms with Gasteiger partial charge in [-0.1, -0.05) is 0 Å². The molecule has 0 aliphatic carbocycles. The number of nitrogens with zero attached hydrogens (tertiary/aromatic N) is 3. The van der Waals surface area contributed by atoms with Crippen molar-refractivity contribution < 1.29 is 18.0 Å². The Bertz CT molecular complexity index is 601. The molecule has 0 spiro atoms. The number of hydrogen-bond donors (Lipinski definition) is 2. The van der Waals surface area contributed by atoms with Gasteiger partial charge in [-0.3, -0.25) is 4.79 Å². The Hall–Kier alpha value is -1.84. The second-order valence-electron chi connectivity index (χ2n) is 5.47. The molecule has 2 heterocycles. The fourth-order valence-corrected chi connectivity index (χ4v) is 3.03. The highest BCUT2D eigenvalue weighted by atomic mass is 32.1. The lowest BCUT2D eigenvalue weighted by atomic mass is 10.1. The number of aliphatic imine (C=N–C) groups is 1. The first-order valence-electron chi connectivity index (χ1n) is 7.60. The fraction of sp³-hybridized carbons (Fsp3) is 0.643. The highest BCUT2D eigenvalue weighted by Crippen LogP contribution is 2.30. The zero-order valence-corrected chi connectivity index (χ0v) is 14.3. The number of thiazole rings is 1. The number of aromatic nitrogens is 1. The van der Waals surface area contributed by atoms with Gasteiger partial charge in [0.1, 0.15) is 5.01 Å². The van der Waals surface area contributed by atoms with Crippen LogP contribution < -0.4 is 10.6 Å². The van der Waals surface area contributed by atoms with E-state index < -0.39 is 11.9 Å². The monoisotopic (exact) mass is 363 g/mol. The minimum absolute atomic E-state index is 0.0625. The van der Waals surface area contributed by atoms with Gasteiger partial charge in [0.2, 0.25) is 5.91 Å². The number of guanidine groups is 1. The number of carbonyl (C=O) groups excluding carboxylic acids is 1. The van der Waals surface area contributed by atoms with Crippen molar-refractivity contribution in [3.05, 3.63) is 16.1 Å². The molecule has 1 atom stereocenters. The number of alkyl halides is 3. The van der Waals surface area contributed by atoms with Crippen molar-refractivity contribution in [1.29, 1.82) is 0 Å². The topological polar surface area (TPSA) is 69.6 Å².